The van der Waals surface area contributed by atoms with Crippen LogP contribution in [0.15, 0.2) is 109 Å². The first-order valence-corrected chi connectivity index (χ1v) is 15.6. The van der Waals surface area contributed by atoms with Crippen LogP contribution in [0.5, 0.6) is 0 Å². The molecule has 0 N–H and O–H groups in total. The average molecular weight is 468 g/mol. The first kappa shape index (κ1) is 23.5. The predicted molar refractivity (Wildman–Crippen MR) is 152 cm³/mol. The highest BCUT2D eigenvalue weighted by Gasteiger charge is 2.39. The first-order chi connectivity index (χ1) is 16.1. The molecule has 0 saturated carbocycles. The van der Waals surface area contributed by atoms with Crippen LogP contribution in [-0.4, -0.2) is 22.2 Å². The van der Waals surface area contributed by atoms with Gasteiger partial charge in [0, 0.05) is 19.8 Å². The molecule has 168 valence electrons. The van der Waals surface area contributed by atoms with Crippen molar-refractivity contribution in [1.29, 1.82) is 0 Å². The van der Waals surface area contributed by atoms with Crippen LogP contribution in [0.4, 0.5) is 5.69 Å². The summed E-state index contributed by atoms with van der Waals surface area (Å²) < 4.78 is 0. The summed E-state index contributed by atoms with van der Waals surface area (Å²) in [6.07, 6.45) is 0. The van der Waals surface area contributed by atoms with Crippen LogP contribution in [-0.2, 0) is 0 Å². The molecule has 0 aliphatic rings. The Balaban J connectivity index is 2.00. The summed E-state index contributed by atoms with van der Waals surface area (Å²) in [7, 11) is 1.71. The monoisotopic (exact) mass is 467 g/mol. The third kappa shape index (κ3) is 4.56. The molecule has 0 amide bonds. The lowest BCUT2D eigenvalue weighted by Gasteiger charge is -2.37. The fourth-order valence-electron chi connectivity index (χ4n) is 5.08. The maximum Gasteiger partial charge on any atom is 0.121 e. The Labute approximate surface area is 201 Å². The second kappa shape index (κ2) is 10.5. The van der Waals surface area contributed by atoms with Crippen LogP contribution >= 0.6 is 7.92 Å². The minimum absolute atomic E-state index is 0.637. The van der Waals surface area contributed by atoms with E-state index in [0.717, 1.165) is 0 Å². The summed E-state index contributed by atoms with van der Waals surface area (Å²) in [5.74, 6) is 0. The molecule has 0 bridgehead atoms. The summed E-state index contributed by atoms with van der Waals surface area (Å²) in [4.78, 5) is 2.29. The van der Waals surface area contributed by atoms with Crippen LogP contribution in [0.1, 0.15) is 13.8 Å². The van der Waals surface area contributed by atoms with Gasteiger partial charge in [0.25, 0.3) is 0 Å². The van der Waals surface area contributed by atoms with E-state index in [0.29, 0.717) is 0 Å². The van der Waals surface area contributed by atoms with Crippen molar-refractivity contribution in [3.63, 3.8) is 0 Å². The quantitative estimate of drug-likeness (QED) is 0.257. The number of anilines is 1. The zero-order valence-corrected chi connectivity index (χ0v) is 22.1. The highest BCUT2D eigenvalue weighted by molar-refractivity contribution is 7.80. The summed E-state index contributed by atoms with van der Waals surface area (Å²) in [5, 5.41) is 7.52. The summed E-state index contributed by atoms with van der Waals surface area (Å²) in [6.45, 7) is 4.82. The van der Waals surface area contributed by atoms with E-state index < -0.39 is 16.0 Å². The molecular weight excluding hydrogens is 433 g/mol. The van der Waals surface area contributed by atoms with Crippen molar-refractivity contribution in [3.8, 4) is 0 Å². The van der Waals surface area contributed by atoms with Crippen LogP contribution in [0.2, 0.25) is 12.1 Å². The molecule has 4 rings (SSSR count). The maximum atomic E-state index is 2.45. The Kier molecular flexibility index (Phi) is 7.48. The molecule has 0 aromatic heterocycles. The van der Waals surface area contributed by atoms with E-state index in [1.165, 1.54) is 33.7 Å². The molecule has 0 unspecified atom stereocenters. The third-order valence-corrected chi connectivity index (χ3v) is 14.8. The van der Waals surface area contributed by atoms with Gasteiger partial charge < -0.3 is 4.90 Å². The van der Waals surface area contributed by atoms with Gasteiger partial charge in [0.05, 0.1) is 0 Å². The lowest BCUT2D eigenvalue weighted by molar-refractivity contribution is 1.13. The summed E-state index contributed by atoms with van der Waals surface area (Å²) in [5.41, 5.74) is 1.37. The molecule has 0 radical (unpaired) electrons. The Morgan fingerprint density at radius 1 is 0.576 bits per heavy atom. The lowest BCUT2D eigenvalue weighted by atomic mass is 10.3. The standard InChI is InChI=1S/C30H34NPSi/c1-5-33(6-2,29-23-15-13-21-27(29)31(3)4)30-24-16-14-22-28(30)32(25-17-9-7-10-18-25)26-19-11-8-12-20-26/h7-24H,5-6H2,1-4H3. The zero-order valence-electron chi connectivity index (χ0n) is 20.2. The van der Waals surface area contributed by atoms with Crippen molar-refractivity contribution >= 4 is 48.0 Å². The molecule has 1 nitrogen and oxygen atoms in total. The first-order valence-electron chi connectivity index (χ1n) is 11.9. The van der Waals surface area contributed by atoms with Crippen LogP contribution in [0.25, 0.3) is 0 Å². The van der Waals surface area contributed by atoms with Crippen molar-refractivity contribution in [1.82, 2.24) is 0 Å². The van der Waals surface area contributed by atoms with E-state index in [2.05, 4.69) is 142 Å². The Morgan fingerprint density at radius 3 is 1.55 bits per heavy atom. The van der Waals surface area contributed by atoms with Crippen molar-refractivity contribution in [2.24, 2.45) is 0 Å². The molecule has 4 aromatic carbocycles. The van der Waals surface area contributed by atoms with Crippen LogP contribution in [0.3, 0.4) is 0 Å². The van der Waals surface area contributed by atoms with Gasteiger partial charge in [-0.2, -0.15) is 0 Å². The van der Waals surface area contributed by atoms with Crippen LogP contribution < -0.4 is 31.2 Å². The summed E-state index contributed by atoms with van der Waals surface area (Å²) >= 11 is 0. The van der Waals surface area contributed by atoms with Crippen molar-refractivity contribution in [2.75, 3.05) is 19.0 Å². The molecule has 0 heterocycles. The van der Waals surface area contributed by atoms with Crippen molar-refractivity contribution < 1.29 is 0 Å². The van der Waals surface area contributed by atoms with Gasteiger partial charge >= 0.3 is 0 Å². The van der Waals surface area contributed by atoms with Crippen LogP contribution in [0, 0.1) is 0 Å². The van der Waals surface area contributed by atoms with E-state index in [1.54, 1.807) is 10.4 Å². The Hall–Kier alpha value is -2.67. The van der Waals surface area contributed by atoms with Crippen molar-refractivity contribution in [3.05, 3.63) is 109 Å². The number of hydrogen-bond donors (Lipinski definition) is 0. The van der Waals surface area contributed by atoms with Gasteiger partial charge in [0.15, 0.2) is 0 Å². The SMILES string of the molecule is CC[Si](CC)(c1ccccc1N(C)C)c1ccccc1P(c1ccccc1)c1ccccc1. The molecule has 3 heteroatoms. The van der Waals surface area contributed by atoms with Gasteiger partial charge in [-0.3, -0.25) is 0 Å². The molecular formula is C30H34NPSi. The fraction of sp³-hybridized carbons (Fsp3) is 0.200. The highest BCUT2D eigenvalue weighted by Crippen LogP contribution is 2.34. The minimum Gasteiger partial charge on any atom is -0.378 e. The van der Waals surface area contributed by atoms with Gasteiger partial charge in [-0.05, 0) is 40.3 Å². The number of hydrogen-bond acceptors (Lipinski definition) is 1. The fourth-order valence-corrected chi connectivity index (χ4v) is 12.9. The number of rotatable bonds is 8. The van der Waals surface area contributed by atoms with Gasteiger partial charge in [-0.25, -0.2) is 0 Å². The number of nitrogens with zero attached hydrogens (tertiary/aromatic N) is 1. The lowest BCUT2D eigenvalue weighted by Crippen LogP contribution is -2.62. The average Bonchev–Trinajstić information content (AvgIpc) is 2.88. The second-order valence-corrected chi connectivity index (χ2v) is 15.6. The summed E-state index contributed by atoms with van der Waals surface area (Å²) in [6, 6.07) is 43.1. The molecule has 0 aliphatic carbocycles. The molecule has 0 fully saturated rings. The maximum absolute atomic E-state index is 2.45. The molecule has 0 spiro atoms. The van der Waals surface area contributed by atoms with Gasteiger partial charge in [0.2, 0.25) is 0 Å². The van der Waals surface area contributed by atoms with Gasteiger partial charge in [-0.15, -0.1) is 0 Å². The molecule has 0 aliphatic heterocycles. The minimum atomic E-state index is -2.00. The molecule has 33 heavy (non-hydrogen) atoms. The molecule has 0 atom stereocenters. The van der Waals surface area contributed by atoms with E-state index in [9.17, 15) is 0 Å². The van der Waals surface area contributed by atoms with E-state index in [1.807, 2.05) is 0 Å². The third-order valence-electron chi connectivity index (χ3n) is 6.80. The number of benzene rings is 4. The Morgan fingerprint density at radius 2 is 1.03 bits per heavy atom. The number of para-hydroxylation sites is 1. The highest BCUT2D eigenvalue weighted by atomic mass is 31.1. The van der Waals surface area contributed by atoms with E-state index in [4.69, 9.17) is 0 Å². The predicted octanol–water partition coefficient (Wildman–Crippen LogP) is 5.11. The smallest absolute Gasteiger partial charge is 0.121 e. The second-order valence-electron chi connectivity index (χ2n) is 8.72. The van der Waals surface area contributed by atoms with E-state index >= 15 is 0 Å². The van der Waals surface area contributed by atoms with Gasteiger partial charge in [0.1, 0.15) is 8.07 Å². The largest absolute Gasteiger partial charge is 0.378 e. The molecule has 0 saturated heterocycles. The normalized spacial score (nSPS) is 11.5. The zero-order chi connectivity index (χ0) is 23.3. The topological polar surface area (TPSA) is 3.24 Å². The Bertz CT molecular complexity index is 1130. The van der Waals surface area contributed by atoms with E-state index in [-0.39, 0.29) is 0 Å². The molecule has 4 aromatic rings. The van der Waals surface area contributed by atoms with Gasteiger partial charge in [-0.1, -0.05) is 129 Å². The van der Waals surface area contributed by atoms with Crippen molar-refractivity contribution in [2.45, 2.75) is 25.9 Å².